The second-order valence-corrected chi connectivity index (χ2v) is 3.76. The van der Waals surface area contributed by atoms with E-state index in [0.717, 1.165) is 17.9 Å². The summed E-state index contributed by atoms with van der Waals surface area (Å²) in [6, 6.07) is 1.93. The highest BCUT2D eigenvalue weighted by molar-refractivity contribution is 5.07. The predicted octanol–water partition coefficient (Wildman–Crippen LogP) is 2.47. The quantitative estimate of drug-likeness (QED) is 0.671. The van der Waals surface area contributed by atoms with Crippen molar-refractivity contribution in [3.8, 4) is 0 Å². The van der Waals surface area contributed by atoms with E-state index in [-0.39, 0.29) is 5.41 Å². The Morgan fingerprint density at radius 1 is 1.42 bits per heavy atom. The second kappa shape index (κ2) is 3.21. The van der Waals surface area contributed by atoms with Gasteiger partial charge in [-0.3, -0.25) is 0 Å². The normalized spacial score (nSPS) is 11.7. The molecule has 0 saturated carbocycles. The topological polar surface area (TPSA) is 25.8 Å². The number of aromatic nitrogens is 2. The van der Waals surface area contributed by atoms with Crippen LogP contribution in [0, 0.1) is 6.92 Å². The lowest BCUT2D eigenvalue weighted by molar-refractivity contribution is 0.471. The summed E-state index contributed by atoms with van der Waals surface area (Å²) in [6.07, 6.45) is 2.89. The molecular weight excluding hydrogens is 148 g/mol. The molecule has 0 atom stereocenters. The van der Waals surface area contributed by atoms with Crippen molar-refractivity contribution >= 4 is 0 Å². The lowest BCUT2D eigenvalue weighted by Crippen LogP contribution is -2.19. The summed E-state index contributed by atoms with van der Waals surface area (Å²) in [6.45, 7) is 8.49. The monoisotopic (exact) mass is 164 g/mol. The summed E-state index contributed by atoms with van der Waals surface area (Å²) in [5.41, 5.74) is 1.15. The van der Waals surface area contributed by atoms with Gasteiger partial charge in [-0.2, -0.15) is 0 Å². The molecule has 1 rings (SSSR count). The summed E-state index contributed by atoms with van der Waals surface area (Å²) >= 11 is 0. The van der Waals surface area contributed by atoms with E-state index in [1.165, 1.54) is 0 Å². The van der Waals surface area contributed by atoms with Crippen LogP contribution in [0.1, 0.15) is 38.7 Å². The highest BCUT2D eigenvalue weighted by atomic mass is 14.9. The van der Waals surface area contributed by atoms with E-state index in [2.05, 4.69) is 30.7 Å². The molecule has 0 aromatic carbocycles. The van der Waals surface area contributed by atoms with E-state index in [0.29, 0.717) is 0 Å². The first-order chi connectivity index (χ1) is 5.56. The van der Waals surface area contributed by atoms with Gasteiger partial charge in [0.05, 0.1) is 0 Å². The second-order valence-electron chi connectivity index (χ2n) is 3.76. The van der Waals surface area contributed by atoms with Gasteiger partial charge in [0.2, 0.25) is 0 Å². The molecule has 0 N–H and O–H groups in total. The molecule has 0 aliphatic carbocycles. The summed E-state index contributed by atoms with van der Waals surface area (Å²) in [7, 11) is 0. The van der Waals surface area contributed by atoms with Crippen LogP contribution in [0.15, 0.2) is 12.3 Å². The average molecular weight is 164 g/mol. The molecule has 0 aliphatic heterocycles. The Morgan fingerprint density at radius 2 is 2.08 bits per heavy atom. The van der Waals surface area contributed by atoms with E-state index in [9.17, 15) is 0 Å². The molecule has 0 bridgehead atoms. The number of nitrogens with zero attached hydrogens (tertiary/aromatic N) is 2. The third-order valence-corrected chi connectivity index (χ3v) is 2.28. The van der Waals surface area contributed by atoms with Gasteiger partial charge in [-0.25, -0.2) is 9.97 Å². The highest BCUT2D eigenvalue weighted by Gasteiger charge is 2.20. The summed E-state index contributed by atoms with van der Waals surface area (Å²) in [5.74, 6) is 0.949. The van der Waals surface area contributed by atoms with Crippen molar-refractivity contribution in [2.24, 2.45) is 0 Å². The number of aryl methyl sites for hydroxylation is 1. The van der Waals surface area contributed by atoms with E-state index < -0.39 is 0 Å². The molecule has 0 spiro atoms. The van der Waals surface area contributed by atoms with Crippen molar-refractivity contribution in [3.63, 3.8) is 0 Å². The van der Waals surface area contributed by atoms with Crippen molar-refractivity contribution in [2.45, 2.75) is 39.5 Å². The van der Waals surface area contributed by atoms with Gasteiger partial charge < -0.3 is 0 Å². The molecule has 0 saturated heterocycles. The Hall–Kier alpha value is -0.920. The first-order valence-electron chi connectivity index (χ1n) is 4.36. The maximum Gasteiger partial charge on any atom is 0.134 e. The van der Waals surface area contributed by atoms with Crippen LogP contribution in [0.5, 0.6) is 0 Å². The number of hydrogen-bond donors (Lipinski definition) is 0. The standard InChI is InChI=1S/C10H16N2/c1-5-10(3,4)9-11-7-6-8(2)12-9/h6-7H,5H2,1-4H3. The molecule has 2 nitrogen and oxygen atoms in total. The molecule has 1 heterocycles. The molecule has 2 heteroatoms. The number of hydrogen-bond acceptors (Lipinski definition) is 2. The smallest absolute Gasteiger partial charge is 0.134 e. The van der Waals surface area contributed by atoms with Crippen LogP contribution >= 0.6 is 0 Å². The van der Waals surface area contributed by atoms with Gasteiger partial charge in [0.25, 0.3) is 0 Å². The lowest BCUT2D eigenvalue weighted by atomic mass is 9.89. The van der Waals surface area contributed by atoms with Crippen LogP contribution in [0.25, 0.3) is 0 Å². The van der Waals surface area contributed by atoms with Crippen LogP contribution in [-0.2, 0) is 5.41 Å². The maximum absolute atomic E-state index is 4.40. The summed E-state index contributed by atoms with van der Waals surface area (Å²) in [4.78, 5) is 8.68. The Balaban J connectivity index is 3.03. The third-order valence-electron chi connectivity index (χ3n) is 2.28. The molecule has 1 aromatic heterocycles. The molecule has 0 radical (unpaired) electrons. The maximum atomic E-state index is 4.40. The molecule has 0 amide bonds. The van der Waals surface area contributed by atoms with Gasteiger partial charge in [-0.15, -0.1) is 0 Å². The zero-order chi connectivity index (χ0) is 9.19. The van der Waals surface area contributed by atoms with E-state index in [1.807, 2.05) is 19.2 Å². The SMILES string of the molecule is CCC(C)(C)c1nccc(C)n1. The van der Waals surface area contributed by atoms with E-state index >= 15 is 0 Å². The van der Waals surface area contributed by atoms with Crippen molar-refractivity contribution in [1.82, 2.24) is 9.97 Å². The van der Waals surface area contributed by atoms with Crippen molar-refractivity contribution < 1.29 is 0 Å². The predicted molar refractivity (Wildman–Crippen MR) is 50.1 cm³/mol. The molecule has 66 valence electrons. The fourth-order valence-corrected chi connectivity index (χ4v) is 0.933. The summed E-state index contributed by atoms with van der Waals surface area (Å²) < 4.78 is 0. The minimum Gasteiger partial charge on any atom is -0.241 e. The van der Waals surface area contributed by atoms with Gasteiger partial charge in [0.15, 0.2) is 0 Å². The Kier molecular flexibility index (Phi) is 2.46. The van der Waals surface area contributed by atoms with Crippen molar-refractivity contribution in [2.75, 3.05) is 0 Å². The zero-order valence-electron chi connectivity index (χ0n) is 8.26. The Labute approximate surface area is 74.1 Å². The van der Waals surface area contributed by atoms with Crippen LogP contribution < -0.4 is 0 Å². The number of rotatable bonds is 2. The third kappa shape index (κ3) is 1.81. The largest absolute Gasteiger partial charge is 0.241 e. The first-order valence-corrected chi connectivity index (χ1v) is 4.36. The van der Waals surface area contributed by atoms with Crippen LogP contribution in [0.2, 0.25) is 0 Å². The van der Waals surface area contributed by atoms with Crippen molar-refractivity contribution in [3.05, 3.63) is 23.8 Å². The molecule has 0 aliphatic rings. The minimum atomic E-state index is 0.103. The molecular formula is C10H16N2. The van der Waals surface area contributed by atoms with Gasteiger partial charge in [0, 0.05) is 17.3 Å². The molecule has 0 unspecified atom stereocenters. The lowest BCUT2D eigenvalue weighted by Gasteiger charge is -2.20. The molecule has 1 aromatic rings. The Morgan fingerprint density at radius 3 is 2.58 bits per heavy atom. The van der Waals surface area contributed by atoms with Gasteiger partial charge in [0.1, 0.15) is 5.82 Å². The Bertz CT molecular complexity index is 266. The van der Waals surface area contributed by atoms with E-state index in [4.69, 9.17) is 0 Å². The van der Waals surface area contributed by atoms with E-state index in [1.54, 1.807) is 0 Å². The van der Waals surface area contributed by atoms with Gasteiger partial charge >= 0.3 is 0 Å². The van der Waals surface area contributed by atoms with Crippen LogP contribution in [-0.4, -0.2) is 9.97 Å². The van der Waals surface area contributed by atoms with Gasteiger partial charge in [-0.1, -0.05) is 20.8 Å². The highest BCUT2D eigenvalue weighted by Crippen LogP contribution is 2.22. The van der Waals surface area contributed by atoms with Gasteiger partial charge in [-0.05, 0) is 19.4 Å². The fourth-order valence-electron chi connectivity index (χ4n) is 0.933. The van der Waals surface area contributed by atoms with Crippen LogP contribution in [0.3, 0.4) is 0 Å². The van der Waals surface area contributed by atoms with Crippen LogP contribution in [0.4, 0.5) is 0 Å². The summed E-state index contributed by atoms with van der Waals surface area (Å²) in [5, 5.41) is 0. The average Bonchev–Trinajstić information content (AvgIpc) is 2.05. The first kappa shape index (κ1) is 9.17. The molecule has 0 fully saturated rings. The fraction of sp³-hybridized carbons (Fsp3) is 0.600. The minimum absolute atomic E-state index is 0.103. The zero-order valence-corrected chi connectivity index (χ0v) is 8.26. The van der Waals surface area contributed by atoms with Crippen molar-refractivity contribution in [1.29, 1.82) is 0 Å². The molecule has 12 heavy (non-hydrogen) atoms.